The molecule has 7 nitrogen and oxygen atoms in total. The molecule has 1 aromatic rings. The normalized spacial score (nSPS) is 17.9. The summed E-state index contributed by atoms with van der Waals surface area (Å²) in [6.07, 6.45) is 3.21. The molecule has 7 heteroatoms. The summed E-state index contributed by atoms with van der Waals surface area (Å²) in [5.74, 6) is 0.474. The first-order chi connectivity index (χ1) is 9.66. The summed E-state index contributed by atoms with van der Waals surface area (Å²) in [6.45, 7) is 8.36. The van der Waals surface area contributed by atoms with Gasteiger partial charge in [-0.2, -0.15) is 5.10 Å². The van der Waals surface area contributed by atoms with E-state index in [0.717, 1.165) is 26.3 Å². The number of ether oxygens (including phenoxy) is 1. The number of carbonyl (C=O) groups is 1. The first-order valence-corrected chi connectivity index (χ1v) is 7.02. The molecule has 1 aliphatic rings. The number of carbonyl (C=O) groups excluding carboxylic acids is 1. The highest BCUT2D eigenvalue weighted by Gasteiger charge is 2.24. The van der Waals surface area contributed by atoms with Crippen LogP contribution in [0.25, 0.3) is 0 Å². The Balaban J connectivity index is 1.80. The zero-order valence-electron chi connectivity index (χ0n) is 12.1. The second-order valence-electron chi connectivity index (χ2n) is 5.28. The highest BCUT2D eigenvalue weighted by atomic mass is 16.5. The molecule has 0 radical (unpaired) electrons. The summed E-state index contributed by atoms with van der Waals surface area (Å²) in [6, 6.07) is 0.124. The van der Waals surface area contributed by atoms with Crippen molar-refractivity contribution in [3.05, 3.63) is 12.4 Å². The van der Waals surface area contributed by atoms with E-state index < -0.39 is 0 Å². The maximum absolute atomic E-state index is 11.8. The molecular weight excluding hydrogens is 258 g/mol. The number of anilines is 1. The molecule has 0 spiro atoms. The van der Waals surface area contributed by atoms with E-state index in [2.05, 4.69) is 39.6 Å². The highest BCUT2D eigenvalue weighted by molar-refractivity contribution is 5.88. The fourth-order valence-electron chi connectivity index (χ4n) is 2.39. The van der Waals surface area contributed by atoms with Gasteiger partial charge in [0, 0.05) is 31.9 Å². The fraction of sp³-hybridized carbons (Fsp3) is 0.692. The molecule has 112 valence electrons. The standard InChI is InChI=1S/C13H23N5O2/c1-10(2)12(18-3-5-20-6-4-18)9-14-13(19)17-11-7-15-16-8-11/h7-8,10,12H,3-6,9H2,1-2H3,(H,15,16)(H2,14,17,19). The van der Waals surface area contributed by atoms with Gasteiger partial charge in [0.25, 0.3) is 0 Å². The average Bonchev–Trinajstić information content (AvgIpc) is 2.92. The fourth-order valence-corrected chi connectivity index (χ4v) is 2.39. The van der Waals surface area contributed by atoms with Crippen LogP contribution < -0.4 is 10.6 Å². The van der Waals surface area contributed by atoms with Crippen LogP contribution in [0.1, 0.15) is 13.8 Å². The number of H-pyrrole nitrogens is 1. The highest BCUT2D eigenvalue weighted by Crippen LogP contribution is 2.12. The van der Waals surface area contributed by atoms with Gasteiger partial charge >= 0.3 is 6.03 Å². The molecule has 1 aliphatic heterocycles. The smallest absolute Gasteiger partial charge is 0.319 e. The third-order valence-corrected chi connectivity index (χ3v) is 3.51. The molecule has 1 atom stereocenters. The second kappa shape index (κ2) is 7.25. The van der Waals surface area contributed by atoms with Crippen molar-refractivity contribution in [1.82, 2.24) is 20.4 Å². The Morgan fingerprint density at radius 2 is 2.25 bits per heavy atom. The number of aromatic amines is 1. The molecular formula is C13H23N5O2. The molecule has 0 aliphatic carbocycles. The number of nitrogens with zero attached hydrogens (tertiary/aromatic N) is 2. The largest absolute Gasteiger partial charge is 0.379 e. The lowest BCUT2D eigenvalue weighted by molar-refractivity contribution is 0.00728. The lowest BCUT2D eigenvalue weighted by Gasteiger charge is -2.36. The molecule has 0 aromatic carbocycles. The second-order valence-corrected chi connectivity index (χ2v) is 5.28. The van der Waals surface area contributed by atoms with E-state index in [0.29, 0.717) is 24.2 Å². The van der Waals surface area contributed by atoms with Crippen molar-refractivity contribution in [2.75, 3.05) is 38.2 Å². The Kier molecular flexibility index (Phi) is 5.37. The number of morpholine rings is 1. The van der Waals surface area contributed by atoms with Crippen LogP contribution in [-0.2, 0) is 4.74 Å². The van der Waals surface area contributed by atoms with Gasteiger partial charge in [-0.25, -0.2) is 4.79 Å². The molecule has 20 heavy (non-hydrogen) atoms. The van der Waals surface area contributed by atoms with E-state index in [1.54, 1.807) is 12.4 Å². The quantitative estimate of drug-likeness (QED) is 0.748. The van der Waals surface area contributed by atoms with Crippen LogP contribution in [0.5, 0.6) is 0 Å². The third kappa shape index (κ3) is 4.21. The zero-order chi connectivity index (χ0) is 14.4. The number of urea groups is 1. The SMILES string of the molecule is CC(C)C(CNC(=O)Nc1cn[nH]c1)N1CCOCC1. The van der Waals surface area contributed by atoms with E-state index >= 15 is 0 Å². The predicted octanol–water partition coefficient (Wildman–Crippen LogP) is 0.888. The molecule has 1 saturated heterocycles. The molecule has 3 N–H and O–H groups in total. The number of rotatable bonds is 5. The summed E-state index contributed by atoms with van der Waals surface area (Å²) < 4.78 is 5.37. The van der Waals surface area contributed by atoms with Crippen LogP contribution in [0, 0.1) is 5.92 Å². The van der Waals surface area contributed by atoms with Crippen LogP contribution in [0.4, 0.5) is 10.5 Å². The summed E-state index contributed by atoms with van der Waals surface area (Å²) in [7, 11) is 0. The number of hydrogen-bond donors (Lipinski definition) is 3. The summed E-state index contributed by atoms with van der Waals surface area (Å²) >= 11 is 0. The zero-order valence-corrected chi connectivity index (χ0v) is 12.1. The summed E-state index contributed by atoms with van der Waals surface area (Å²) in [5.41, 5.74) is 0.662. The van der Waals surface area contributed by atoms with E-state index in [1.807, 2.05) is 0 Å². The third-order valence-electron chi connectivity index (χ3n) is 3.51. The first-order valence-electron chi connectivity index (χ1n) is 7.02. The Bertz CT molecular complexity index is 401. The van der Waals surface area contributed by atoms with Crippen molar-refractivity contribution in [2.45, 2.75) is 19.9 Å². The van der Waals surface area contributed by atoms with Gasteiger partial charge in [0.05, 0.1) is 25.1 Å². The van der Waals surface area contributed by atoms with E-state index in [9.17, 15) is 4.79 Å². The molecule has 2 amide bonds. The van der Waals surface area contributed by atoms with E-state index in [-0.39, 0.29) is 6.03 Å². The van der Waals surface area contributed by atoms with Crippen molar-refractivity contribution in [3.8, 4) is 0 Å². The topological polar surface area (TPSA) is 82.3 Å². The monoisotopic (exact) mass is 281 g/mol. The van der Waals surface area contributed by atoms with Gasteiger partial charge in [0.15, 0.2) is 0 Å². The molecule has 0 saturated carbocycles. The average molecular weight is 281 g/mol. The summed E-state index contributed by atoms with van der Waals surface area (Å²) in [4.78, 5) is 14.2. The number of aromatic nitrogens is 2. The van der Waals surface area contributed by atoms with Crippen LogP contribution in [0.15, 0.2) is 12.4 Å². The van der Waals surface area contributed by atoms with E-state index in [1.165, 1.54) is 0 Å². The Morgan fingerprint density at radius 1 is 1.50 bits per heavy atom. The van der Waals surface area contributed by atoms with Crippen molar-refractivity contribution >= 4 is 11.7 Å². The van der Waals surface area contributed by atoms with Crippen molar-refractivity contribution in [1.29, 1.82) is 0 Å². The van der Waals surface area contributed by atoms with Crippen LogP contribution in [0.3, 0.4) is 0 Å². The Morgan fingerprint density at radius 3 is 2.85 bits per heavy atom. The first kappa shape index (κ1) is 14.8. The molecule has 0 bridgehead atoms. The van der Waals surface area contributed by atoms with Crippen molar-refractivity contribution in [2.24, 2.45) is 5.92 Å². The maximum Gasteiger partial charge on any atom is 0.319 e. The minimum Gasteiger partial charge on any atom is -0.379 e. The lowest BCUT2D eigenvalue weighted by atomic mass is 10.0. The van der Waals surface area contributed by atoms with Gasteiger partial charge in [-0.3, -0.25) is 10.00 Å². The van der Waals surface area contributed by atoms with Gasteiger partial charge in [-0.15, -0.1) is 0 Å². The van der Waals surface area contributed by atoms with Gasteiger partial charge in [-0.05, 0) is 5.92 Å². The maximum atomic E-state index is 11.8. The van der Waals surface area contributed by atoms with Gasteiger partial charge < -0.3 is 15.4 Å². The van der Waals surface area contributed by atoms with Crippen LogP contribution in [-0.4, -0.2) is 60.0 Å². The van der Waals surface area contributed by atoms with Crippen LogP contribution in [0.2, 0.25) is 0 Å². The van der Waals surface area contributed by atoms with Gasteiger partial charge in [0.1, 0.15) is 0 Å². The molecule has 1 fully saturated rings. The van der Waals surface area contributed by atoms with Gasteiger partial charge in [-0.1, -0.05) is 13.8 Å². The minimum atomic E-state index is -0.203. The number of nitrogens with one attached hydrogen (secondary N) is 3. The molecule has 1 unspecified atom stereocenters. The van der Waals surface area contributed by atoms with Gasteiger partial charge in [0.2, 0.25) is 0 Å². The predicted molar refractivity (Wildman–Crippen MR) is 76.6 cm³/mol. The van der Waals surface area contributed by atoms with Crippen LogP contribution >= 0.6 is 0 Å². The van der Waals surface area contributed by atoms with Crippen molar-refractivity contribution in [3.63, 3.8) is 0 Å². The lowest BCUT2D eigenvalue weighted by Crippen LogP contribution is -2.51. The summed E-state index contributed by atoms with van der Waals surface area (Å²) in [5, 5.41) is 12.1. The molecule has 2 rings (SSSR count). The number of amides is 2. The molecule has 1 aromatic heterocycles. The minimum absolute atomic E-state index is 0.203. The van der Waals surface area contributed by atoms with E-state index in [4.69, 9.17) is 4.74 Å². The Hall–Kier alpha value is -1.60. The Labute approximate surface area is 119 Å². The molecule has 2 heterocycles. The number of hydrogen-bond acceptors (Lipinski definition) is 4. The van der Waals surface area contributed by atoms with Crippen molar-refractivity contribution < 1.29 is 9.53 Å².